The average Bonchev–Trinajstić information content (AvgIpc) is 3.26. The molecule has 0 atom stereocenters. The highest BCUT2D eigenvalue weighted by Crippen LogP contribution is 2.45. The number of nitrogens with zero attached hydrogens (tertiary/aromatic N) is 2. The summed E-state index contributed by atoms with van der Waals surface area (Å²) in [7, 11) is 0. The molecule has 0 bridgehead atoms. The second-order valence-corrected chi connectivity index (χ2v) is 6.69. The summed E-state index contributed by atoms with van der Waals surface area (Å²) in [5.74, 6) is 1.67. The first kappa shape index (κ1) is 13.6. The lowest BCUT2D eigenvalue weighted by Crippen LogP contribution is -2.33. The van der Waals surface area contributed by atoms with Gasteiger partial charge in [-0.25, -0.2) is 9.97 Å². The van der Waals surface area contributed by atoms with Gasteiger partial charge in [-0.15, -0.1) is 0 Å². The van der Waals surface area contributed by atoms with Crippen LogP contribution in [0.2, 0.25) is 0 Å². The van der Waals surface area contributed by atoms with Crippen LogP contribution in [0.1, 0.15) is 74.1 Å². The van der Waals surface area contributed by atoms with Gasteiger partial charge in [0.15, 0.2) is 5.82 Å². The first-order chi connectivity index (χ1) is 10.3. The van der Waals surface area contributed by atoms with Crippen molar-refractivity contribution in [1.29, 1.82) is 0 Å². The summed E-state index contributed by atoms with van der Waals surface area (Å²) in [5.41, 5.74) is 3.80. The molecule has 21 heavy (non-hydrogen) atoms. The predicted octanol–water partition coefficient (Wildman–Crippen LogP) is 2.81. The summed E-state index contributed by atoms with van der Waals surface area (Å²) in [6, 6.07) is 0. The van der Waals surface area contributed by atoms with E-state index in [1.165, 1.54) is 42.6 Å². The fourth-order valence-corrected chi connectivity index (χ4v) is 3.92. The van der Waals surface area contributed by atoms with E-state index in [4.69, 9.17) is 14.7 Å². The molecule has 2 aliphatic carbocycles. The summed E-state index contributed by atoms with van der Waals surface area (Å²) in [6.45, 7) is 4.82. The molecule has 2 fully saturated rings. The van der Waals surface area contributed by atoms with Gasteiger partial charge in [-0.1, -0.05) is 0 Å². The Labute approximate surface area is 126 Å². The SMILES string of the molecule is CCOC1(c2nc3c(c(C4CC4)n2)CNCC3)CCCC1. The molecule has 0 saturated heterocycles. The second kappa shape index (κ2) is 5.33. The first-order valence-corrected chi connectivity index (χ1v) is 8.57. The molecule has 0 unspecified atom stereocenters. The van der Waals surface area contributed by atoms with Gasteiger partial charge < -0.3 is 10.1 Å². The number of hydrogen-bond donors (Lipinski definition) is 1. The van der Waals surface area contributed by atoms with Crippen LogP contribution in [0.3, 0.4) is 0 Å². The molecular formula is C17H25N3O. The van der Waals surface area contributed by atoms with Crippen LogP contribution in [0.5, 0.6) is 0 Å². The van der Waals surface area contributed by atoms with E-state index in [0.29, 0.717) is 5.92 Å². The third kappa shape index (κ3) is 2.38. The van der Waals surface area contributed by atoms with Crippen molar-refractivity contribution >= 4 is 0 Å². The second-order valence-electron chi connectivity index (χ2n) is 6.69. The minimum absolute atomic E-state index is 0.196. The Bertz CT molecular complexity index is 533. The van der Waals surface area contributed by atoms with Crippen molar-refractivity contribution in [2.75, 3.05) is 13.2 Å². The normalized spacial score (nSPS) is 24.0. The molecule has 1 aliphatic heterocycles. The van der Waals surface area contributed by atoms with E-state index in [1.807, 2.05) is 0 Å². The standard InChI is InChI=1S/C17H25N3O/c1-2-21-17(8-3-4-9-17)16-19-14-7-10-18-11-13(14)15(20-16)12-5-6-12/h12,18H,2-11H2,1H3. The molecule has 4 heteroatoms. The van der Waals surface area contributed by atoms with Crippen molar-refractivity contribution in [2.24, 2.45) is 0 Å². The third-order valence-corrected chi connectivity index (χ3v) is 5.17. The minimum Gasteiger partial charge on any atom is -0.367 e. The number of rotatable bonds is 4. The monoisotopic (exact) mass is 287 g/mol. The Kier molecular flexibility index (Phi) is 3.46. The smallest absolute Gasteiger partial charge is 0.160 e. The topological polar surface area (TPSA) is 47.0 Å². The van der Waals surface area contributed by atoms with E-state index < -0.39 is 0 Å². The first-order valence-electron chi connectivity index (χ1n) is 8.57. The Morgan fingerprint density at radius 3 is 2.76 bits per heavy atom. The molecule has 2 saturated carbocycles. The minimum atomic E-state index is -0.196. The summed E-state index contributed by atoms with van der Waals surface area (Å²) >= 11 is 0. The molecule has 1 N–H and O–H groups in total. The van der Waals surface area contributed by atoms with E-state index in [9.17, 15) is 0 Å². The van der Waals surface area contributed by atoms with Crippen molar-refractivity contribution in [3.05, 3.63) is 22.8 Å². The Balaban J connectivity index is 1.79. The van der Waals surface area contributed by atoms with Gasteiger partial charge in [-0.3, -0.25) is 0 Å². The van der Waals surface area contributed by atoms with E-state index in [2.05, 4.69) is 12.2 Å². The van der Waals surface area contributed by atoms with Crippen LogP contribution in [-0.2, 0) is 23.3 Å². The van der Waals surface area contributed by atoms with E-state index in [0.717, 1.165) is 44.8 Å². The van der Waals surface area contributed by atoms with Crippen molar-refractivity contribution in [2.45, 2.75) is 69.9 Å². The number of hydrogen-bond acceptors (Lipinski definition) is 4. The predicted molar refractivity (Wildman–Crippen MR) is 81.2 cm³/mol. The molecule has 0 aromatic carbocycles. The van der Waals surface area contributed by atoms with Gasteiger partial charge >= 0.3 is 0 Å². The Morgan fingerprint density at radius 1 is 1.24 bits per heavy atom. The van der Waals surface area contributed by atoms with Gasteiger partial charge in [0.1, 0.15) is 5.60 Å². The maximum atomic E-state index is 6.18. The van der Waals surface area contributed by atoms with E-state index >= 15 is 0 Å². The van der Waals surface area contributed by atoms with Gasteiger partial charge in [-0.05, 0) is 45.4 Å². The summed E-state index contributed by atoms with van der Waals surface area (Å²) < 4.78 is 6.18. The highest BCUT2D eigenvalue weighted by Gasteiger charge is 2.41. The zero-order valence-electron chi connectivity index (χ0n) is 13.0. The van der Waals surface area contributed by atoms with Crippen molar-refractivity contribution in [3.8, 4) is 0 Å². The van der Waals surface area contributed by atoms with Gasteiger partial charge in [0, 0.05) is 37.6 Å². The molecule has 3 aliphatic rings. The lowest BCUT2D eigenvalue weighted by molar-refractivity contribution is -0.0460. The zero-order valence-corrected chi connectivity index (χ0v) is 13.0. The summed E-state index contributed by atoms with van der Waals surface area (Å²) in [5, 5.41) is 3.48. The molecule has 1 aromatic rings. The number of nitrogens with one attached hydrogen (secondary N) is 1. The number of aromatic nitrogens is 2. The van der Waals surface area contributed by atoms with Crippen LogP contribution in [-0.4, -0.2) is 23.1 Å². The molecule has 0 amide bonds. The van der Waals surface area contributed by atoms with Gasteiger partial charge in [0.25, 0.3) is 0 Å². The van der Waals surface area contributed by atoms with Crippen molar-refractivity contribution in [1.82, 2.24) is 15.3 Å². The van der Waals surface area contributed by atoms with Crippen LogP contribution < -0.4 is 5.32 Å². The Morgan fingerprint density at radius 2 is 2.05 bits per heavy atom. The largest absolute Gasteiger partial charge is 0.367 e. The van der Waals surface area contributed by atoms with Crippen molar-refractivity contribution < 1.29 is 4.74 Å². The molecule has 1 aromatic heterocycles. The highest BCUT2D eigenvalue weighted by atomic mass is 16.5. The van der Waals surface area contributed by atoms with Crippen LogP contribution in [0.15, 0.2) is 0 Å². The molecular weight excluding hydrogens is 262 g/mol. The number of fused-ring (bicyclic) bond motifs is 1. The lowest BCUT2D eigenvalue weighted by Gasteiger charge is -2.30. The average molecular weight is 287 g/mol. The van der Waals surface area contributed by atoms with Crippen LogP contribution in [0, 0.1) is 0 Å². The number of ether oxygens (including phenoxy) is 1. The molecule has 0 radical (unpaired) electrons. The summed E-state index contributed by atoms with van der Waals surface area (Å²) in [6.07, 6.45) is 8.27. The van der Waals surface area contributed by atoms with Crippen LogP contribution in [0.4, 0.5) is 0 Å². The highest BCUT2D eigenvalue weighted by molar-refractivity contribution is 5.34. The van der Waals surface area contributed by atoms with Crippen LogP contribution in [0.25, 0.3) is 0 Å². The van der Waals surface area contributed by atoms with E-state index in [-0.39, 0.29) is 5.60 Å². The fourth-order valence-electron chi connectivity index (χ4n) is 3.92. The third-order valence-electron chi connectivity index (χ3n) is 5.17. The molecule has 114 valence electrons. The van der Waals surface area contributed by atoms with Gasteiger partial charge in [0.05, 0.1) is 11.4 Å². The summed E-state index contributed by atoms with van der Waals surface area (Å²) in [4.78, 5) is 10.0. The van der Waals surface area contributed by atoms with Gasteiger partial charge in [-0.2, -0.15) is 0 Å². The Hall–Kier alpha value is -1.00. The quantitative estimate of drug-likeness (QED) is 0.925. The maximum Gasteiger partial charge on any atom is 0.160 e. The van der Waals surface area contributed by atoms with E-state index in [1.54, 1.807) is 0 Å². The maximum absolute atomic E-state index is 6.18. The fraction of sp³-hybridized carbons (Fsp3) is 0.765. The molecule has 4 nitrogen and oxygen atoms in total. The lowest BCUT2D eigenvalue weighted by atomic mass is 9.97. The zero-order chi connectivity index (χ0) is 14.3. The molecule has 0 spiro atoms. The van der Waals surface area contributed by atoms with Gasteiger partial charge in [0.2, 0.25) is 0 Å². The van der Waals surface area contributed by atoms with Crippen molar-refractivity contribution in [3.63, 3.8) is 0 Å². The molecule has 4 rings (SSSR count). The molecule has 2 heterocycles. The van der Waals surface area contributed by atoms with Crippen LogP contribution >= 0.6 is 0 Å².